The number of halogens is 1. The van der Waals surface area contributed by atoms with Gasteiger partial charge in [-0.05, 0) is 43.2 Å². The van der Waals surface area contributed by atoms with Gasteiger partial charge in [-0.25, -0.2) is 4.68 Å². The minimum Gasteiger partial charge on any atom is -0.328 e. The van der Waals surface area contributed by atoms with E-state index < -0.39 is 0 Å². The van der Waals surface area contributed by atoms with Crippen LogP contribution in [-0.4, -0.2) is 44.0 Å². The molecular formula is C19H21BrN6. The number of nitrogens with zero attached hydrogens (tertiary/aromatic N) is 5. The molecule has 0 saturated carbocycles. The summed E-state index contributed by atoms with van der Waals surface area (Å²) in [6.45, 7) is 2.78. The molecule has 4 rings (SSSR count). The molecule has 26 heavy (non-hydrogen) atoms. The molecule has 0 amide bonds. The van der Waals surface area contributed by atoms with Gasteiger partial charge in [-0.1, -0.05) is 27.2 Å². The van der Waals surface area contributed by atoms with Gasteiger partial charge in [0.25, 0.3) is 0 Å². The predicted molar refractivity (Wildman–Crippen MR) is 105 cm³/mol. The summed E-state index contributed by atoms with van der Waals surface area (Å²) in [6.07, 6.45) is 5.67. The maximum absolute atomic E-state index is 6.04. The highest BCUT2D eigenvalue weighted by Crippen LogP contribution is 2.27. The highest BCUT2D eigenvalue weighted by atomic mass is 79.9. The van der Waals surface area contributed by atoms with Crippen molar-refractivity contribution in [2.24, 2.45) is 5.73 Å². The van der Waals surface area contributed by atoms with Gasteiger partial charge in [0.2, 0.25) is 0 Å². The molecule has 0 atom stereocenters. The number of nitrogens with two attached hydrogens (primary N) is 1. The third-order valence-electron chi connectivity index (χ3n) is 4.75. The first kappa shape index (κ1) is 17.3. The Hall–Kier alpha value is -2.09. The molecule has 0 bridgehead atoms. The van der Waals surface area contributed by atoms with E-state index in [1.165, 1.54) is 0 Å². The van der Waals surface area contributed by atoms with Gasteiger partial charge in [-0.15, -0.1) is 5.10 Å². The van der Waals surface area contributed by atoms with Crippen LogP contribution < -0.4 is 5.73 Å². The zero-order valence-corrected chi connectivity index (χ0v) is 16.0. The molecule has 0 aliphatic carbocycles. The molecule has 1 fully saturated rings. The molecule has 1 aliphatic rings. The number of likely N-dealkylation sites (tertiary alicyclic amines) is 1. The summed E-state index contributed by atoms with van der Waals surface area (Å²) in [5.74, 6) is 0. The summed E-state index contributed by atoms with van der Waals surface area (Å²) >= 11 is 3.54. The molecule has 134 valence electrons. The maximum atomic E-state index is 6.04. The third-order valence-corrected chi connectivity index (χ3v) is 5.25. The second-order valence-corrected chi connectivity index (χ2v) is 7.54. The largest absolute Gasteiger partial charge is 0.328 e. The van der Waals surface area contributed by atoms with Gasteiger partial charge < -0.3 is 5.73 Å². The van der Waals surface area contributed by atoms with Crippen molar-refractivity contribution in [3.63, 3.8) is 0 Å². The first-order valence-corrected chi connectivity index (χ1v) is 9.59. The molecule has 7 heteroatoms. The first-order valence-electron chi connectivity index (χ1n) is 8.79. The molecule has 2 N–H and O–H groups in total. The number of hydrogen-bond acceptors (Lipinski definition) is 5. The lowest BCUT2D eigenvalue weighted by molar-refractivity contribution is 0.204. The van der Waals surface area contributed by atoms with Gasteiger partial charge in [0, 0.05) is 48.1 Å². The Morgan fingerprint density at radius 3 is 2.62 bits per heavy atom. The fraction of sp³-hybridized carbons (Fsp3) is 0.316. The van der Waals surface area contributed by atoms with Crippen LogP contribution in [0.4, 0.5) is 0 Å². The quantitative estimate of drug-likeness (QED) is 0.712. The van der Waals surface area contributed by atoms with E-state index in [9.17, 15) is 0 Å². The summed E-state index contributed by atoms with van der Waals surface area (Å²) in [5, 5.41) is 8.97. The lowest BCUT2D eigenvalue weighted by Gasteiger charge is -2.29. The Morgan fingerprint density at radius 1 is 1.12 bits per heavy atom. The third kappa shape index (κ3) is 3.70. The van der Waals surface area contributed by atoms with Crippen LogP contribution in [0.15, 0.2) is 53.3 Å². The van der Waals surface area contributed by atoms with Gasteiger partial charge in [-0.3, -0.25) is 9.88 Å². The van der Waals surface area contributed by atoms with Crippen molar-refractivity contribution < 1.29 is 0 Å². The highest BCUT2D eigenvalue weighted by Gasteiger charge is 2.21. The molecule has 0 unspecified atom stereocenters. The monoisotopic (exact) mass is 412 g/mol. The van der Waals surface area contributed by atoms with Crippen molar-refractivity contribution in [3.8, 4) is 16.9 Å². The second kappa shape index (κ2) is 7.65. The van der Waals surface area contributed by atoms with Crippen LogP contribution in [0.2, 0.25) is 0 Å². The van der Waals surface area contributed by atoms with Crippen LogP contribution in [0.5, 0.6) is 0 Å². The zero-order chi connectivity index (χ0) is 17.9. The van der Waals surface area contributed by atoms with E-state index in [1.54, 1.807) is 12.4 Å². The van der Waals surface area contributed by atoms with E-state index in [0.717, 1.165) is 59.6 Å². The van der Waals surface area contributed by atoms with Gasteiger partial charge in [0.15, 0.2) is 0 Å². The van der Waals surface area contributed by atoms with Crippen molar-refractivity contribution in [1.29, 1.82) is 0 Å². The molecule has 2 aromatic heterocycles. The molecule has 0 radical (unpaired) electrons. The molecule has 1 aromatic carbocycles. The summed E-state index contributed by atoms with van der Waals surface area (Å²) < 4.78 is 2.92. The van der Waals surface area contributed by atoms with E-state index in [2.05, 4.69) is 36.1 Å². The van der Waals surface area contributed by atoms with Gasteiger partial charge >= 0.3 is 0 Å². The Kier molecular flexibility index (Phi) is 5.10. The van der Waals surface area contributed by atoms with E-state index in [-0.39, 0.29) is 0 Å². The summed E-state index contributed by atoms with van der Waals surface area (Å²) in [6, 6.07) is 12.4. The van der Waals surface area contributed by atoms with Crippen LogP contribution in [0.1, 0.15) is 18.5 Å². The van der Waals surface area contributed by atoms with Crippen molar-refractivity contribution >= 4 is 15.9 Å². The molecule has 1 saturated heterocycles. The van der Waals surface area contributed by atoms with Crippen LogP contribution in [0, 0.1) is 0 Å². The van der Waals surface area contributed by atoms with Crippen molar-refractivity contribution in [1.82, 2.24) is 24.9 Å². The fourth-order valence-electron chi connectivity index (χ4n) is 3.33. The average molecular weight is 413 g/mol. The fourth-order valence-corrected chi connectivity index (χ4v) is 3.72. The predicted octanol–water partition coefficient (Wildman–Crippen LogP) is 3.01. The molecule has 3 heterocycles. The van der Waals surface area contributed by atoms with Crippen molar-refractivity contribution in [2.45, 2.75) is 25.4 Å². The summed E-state index contributed by atoms with van der Waals surface area (Å²) in [5.41, 5.74) is 10.1. The number of pyridine rings is 1. The van der Waals surface area contributed by atoms with Crippen LogP contribution >= 0.6 is 15.9 Å². The molecule has 0 spiro atoms. The number of piperidine rings is 1. The van der Waals surface area contributed by atoms with Gasteiger partial charge in [-0.2, -0.15) is 0 Å². The highest BCUT2D eigenvalue weighted by molar-refractivity contribution is 9.10. The van der Waals surface area contributed by atoms with Crippen LogP contribution in [0.3, 0.4) is 0 Å². The average Bonchev–Trinajstić information content (AvgIpc) is 3.08. The summed E-state index contributed by atoms with van der Waals surface area (Å²) in [4.78, 5) is 6.55. The Morgan fingerprint density at radius 2 is 1.88 bits per heavy atom. The lowest BCUT2D eigenvalue weighted by atomic mass is 10.1. The zero-order valence-electron chi connectivity index (χ0n) is 14.4. The van der Waals surface area contributed by atoms with E-state index in [0.29, 0.717) is 6.04 Å². The Labute approximate surface area is 161 Å². The minimum atomic E-state index is 0.322. The minimum absolute atomic E-state index is 0.322. The molecule has 1 aliphatic heterocycles. The first-order chi connectivity index (χ1) is 12.7. The normalized spacial score (nSPS) is 16.1. The molecular weight excluding hydrogens is 392 g/mol. The smallest absolute Gasteiger partial charge is 0.105 e. The number of rotatable bonds is 4. The number of hydrogen-bond donors (Lipinski definition) is 1. The van der Waals surface area contributed by atoms with Crippen molar-refractivity contribution in [3.05, 3.63) is 59.0 Å². The molecule has 3 aromatic rings. The van der Waals surface area contributed by atoms with E-state index in [4.69, 9.17) is 5.73 Å². The van der Waals surface area contributed by atoms with Crippen molar-refractivity contribution in [2.75, 3.05) is 13.1 Å². The topological polar surface area (TPSA) is 72.9 Å². The van der Waals surface area contributed by atoms with Gasteiger partial charge in [0.1, 0.15) is 5.69 Å². The van der Waals surface area contributed by atoms with Gasteiger partial charge in [0.05, 0.1) is 11.4 Å². The summed E-state index contributed by atoms with van der Waals surface area (Å²) in [7, 11) is 0. The van der Waals surface area contributed by atoms with Crippen LogP contribution in [-0.2, 0) is 6.54 Å². The Balaban J connectivity index is 1.72. The standard InChI is InChI=1S/C19H21BrN6/c20-15-2-1-3-17(12-15)26-19(14-4-8-22-9-5-14)18(23-24-26)13-25-10-6-16(21)7-11-25/h1-5,8-9,12,16H,6-7,10-11,13,21H2. The SMILES string of the molecule is NC1CCN(Cc2nnn(-c3cccc(Br)c3)c2-c2ccncc2)CC1. The van der Waals surface area contributed by atoms with Crippen LogP contribution in [0.25, 0.3) is 16.9 Å². The maximum Gasteiger partial charge on any atom is 0.105 e. The van der Waals surface area contributed by atoms with E-state index in [1.807, 2.05) is 41.1 Å². The number of benzene rings is 1. The van der Waals surface area contributed by atoms with E-state index >= 15 is 0 Å². The molecule has 6 nitrogen and oxygen atoms in total. The Bertz CT molecular complexity index is 871. The number of aromatic nitrogens is 4. The second-order valence-electron chi connectivity index (χ2n) is 6.63. The lowest BCUT2D eigenvalue weighted by Crippen LogP contribution is -2.39.